The Balaban J connectivity index is 1.95. The third-order valence-corrected chi connectivity index (χ3v) is 5.27. The van der Waals surface area contributed by atoms with Crippen LogP contribution in [0.25, 0.3) is 33.8 Å². The zero-order valence-electron chi connectivity index (χ0n) is 17.6. The molecule has 3 heteroatoms. The quantitative estimate of drug-likeness (QED) is 0.328. The van der Waals surface area contributed by atoms with E-state index in [0.717, 1.165) is 58.1 Å². The van der Waals surface area contributed by atoms with Gasteiger partial charge in [0.2, 0.25) is 0 Å². The van der Waals surface area contributed by atoms with Crippen molar-refractivity contribution in [1.82, 2.24) is 0 Å². The summed E-state index contributed by atoms with van der Waals surface area (Å²) in [7, 11) is 3.37. The van der Waals surface area contributed by atoms with Gasteiger partial charge in [0.15, 0.2) is 0 Å². The fourth-order valence-electron chi connectivity index (χ4n) is 3.79. The van der Waals surface area contributed by atoms with Crippen LogP contribution in [-0.4, -0.2) is 14.2 Å². The number of rotatable bonds is 7. The molecule has 30 heavy (non-hydrogen) atoms. The molecule has 4 aromatic rings. The van der Waals surface area contributed by atoms with Crippen LogP contribution < -0.4 is 9.47 Å². The minimum atomic E-state index is 0.834. The van der Waals surface area contributed by atoms with Crippen LogP contribution in [0.5, 0.6) is 11.5 Å². The van der Waals surface area contributed by atoms with Crippen molar-refractivity contribution in [3.63, 3.8) is 0 Å². The molecule has 0 saturated heterocycles. The normalized spacial score (nSPS) is 10.8. The summed E-state index contributed by atoms with van der Waals surface area (Å²) in [4.78, 5) is 0. The van der Waals surface area contributed by atoms with E-state index in [2.05, 4.69) is 43.3 Å². The molecule has 1 heterocycles. The maximum absolute atomic E-state index is 6.58. The predicted molar refractivity (Wildman–Crippen MR) is 122 cm³/mol. The largest absolute Gasteiger partial charge is 0.497 e. The van der Waals surface area contributed by atoms with Crippen molar-refractivity contribution in [2.75, 3.05) is 14.2 Å². The molecule has 0 aliphatic heterocycles. The third kappa shape index (κ3) is 3.84. The van der Waals surface area contributed by atoms with Crippen molar-refractivity contribution >= 4 is 0 Å². The minimum Gasteiger partial charge on any atom is -0.497 e. The molecule has 0 fully saturated rings. The highest BCUT2D eigenvalue weighted by Crippen LogP contribution is 2.44. The molecule has 0 aliphatic carbocycles. The number of methoxy groups -OCH3 is 2. The highest BCUT2D eigenvalue weighted by molar-refractivity contribution is 5.87. The summed E-state index contributed by atoms with van der Waals surface area (Å²) in [6, 6.07) is 26.6. The molecular weight excluding hydrogens is 372 g/mol. The lowest BCUT2D eigenvalue weighted by molar-refractivity contribution is 0.414. The van der Waals surface area contributed by atoms with Crippen LogP contribution >= 0.6 is 0 Å². The fourth-order valence-corrected chi connectivity index (χ4v) is 3.79. The van der Waals surface area contributed by atoms with Crippen molar-refractivity contribution < 1.29 is 13.9 Å². The average Bonchev–Trinajstić information content (AvgIpc) is 3.19. The Kier molecular flexibility index (Phi) is 5.89. The number of benzene rings is 3. The molecule has 0 N–H and O–H groups in total. The number of hydrogen-bond acceptors (Lipinski definition) is 3. The van der Waals surface area contributed by atoms with Gasteiger partial charge in [0.1, 0.15) is 23.0 Å². The van der Waals surface area contributed by atoms with Crippen LogP contribution in [0.3, 0.4) is 0 Å². The molecule has 4 rings (SSSR count). The Morgan fingerprint density at radius 3 is 1.70 bits per heavy atom. The number of furan rings is 1. The second kappa shape index (κ2) is 8.91. The molecule has 152 valence electrons. The van der Waals surface area contributed by atoms with Crippen molar-refractivity contribution in [3.8, 4) is 45.3 Å². The van der Waals surface area contributed by atoms with Crippen LogP contribution in [0.15, 0.2) is 83.3 Å². The molecule has 0 saturated carbocycles. The molecule has 0 amide bonds. The van der Waals surface area contributed by atoms with E-state index < -0.39 is 0 Å². The van der Waals surface area contributed by atoms with Gasteiger partial charge in [0.25, 0.3) is 0 Å². The first-order chi connectivity index (χ1) is 14.7. The van der Waals surface area contributed by atoms with E-state index in [0.29, 0.717) is 0 Å². The molecule has 1 aromatic heterocycles. The van der Waals surface area contributed by atoms with Crippen LogP contribution in [0, 0.1) is 0 Å². The lowest BCUT2D eigenvalue weighted by Gasteiger charge is -2.08. The number of ether oxygens (including phenoxy) is 2. The summed E-state index contributed by atoms with van der Waals surface area (Å²) in [6.45, 7) is 2.20. The predicted octanol–water partition coefficient (Wildman–Crippen LogP) is 7.25. The molecule has 3 aromatic carbocycles. The zero-order chi connectivity index (χ0) is 20.9. The Morgan fingerprint density at radius 1 is 0.633 bits per heavy atom. The zero-order valence-corrected chi connectivity index (χ0v) is 17.6. The van der Waals surface area contributed by atoms with Gasteiger partial charge in [-0.1, -0.05) is 55.8 Å². The summed E-state index contributed by atoms with van der Waals surface area (Å²) in [5, 5.41) is 0. The standard InChI is InChI=1S/C27H26O3/c1-4-8-24-25(19-11-15-22(28-2)16-12-19)27(20-9-6-5-7-10-20)30-26(24)21-13-17-23(29-3)18-14-21/h5-7,9-18H,4,8H2,1-3H3. The highest BCUT2D eigenvalue weighted by atomic mass is 16.5. The van der Waals surface area contributed by atoms with Gasteiger partial charge in [0.05, 0.1) is 14.2 Å². The monoisotopic (exact) mass is 398 g/mol. The van der Waals surface area contributed by atoms with E-state index in [-0.39, 0.29) is 0 Å². The Bertz CT molecular complexity index is 1090. The van der Waals surface area contributed by atoms with E-state index >= 15 is 0 Å². The molecule has 0 bridgehead atoms. The van der Waals surface area contributed by atoms with Gasteiger partial charge in [-0.3, -0.25) is 0 Å². The van der Waals surface area contributed by atoms with Gasteiger partial charge < -0.3 is 13.9 Å². The fraction of sp³-hybridized carbons (Fsp3) is 0.185. The summed E-state index contributed by atoms with van der Waals surface area (Å²) in [5.74, 6) is 3.50. The van der Waals surface area contributed by atoms with Crippen LogP contribution in [0.1, 0.15) is 18.9 Å². The second-order valence-electron chi connectivity index (χ2n) is 7.19. The second-order valence-corrected chi connectivity index (χ2v) is 7.19. The smallest absolute Gasteiger partial charge is 0.142 e. The lowest BCUT2D eigenvalue weighted by atomic mass is 9.93. The first kappa shape index (κ1) is 19.8. The average molecular weight is 399 g/mol. The maximum Gasteiger partial charge on any atom is 0.142 e. The van der Waals surface area contributed by atoms with Crippen molar-refractivity contribution in [3.05, 3.63) is 84.4 Å². The highest BCUT2D eigenvalue weighted by Gasteiger charge is 2.23. The topological polar surface area (TPSA) is 31.6 Å². The number of hydrogen-bond donors (Lipinski definition) is 0. The Labute approximate surface area is 177 Å². The van der Waals surface area contributed by atoms with Gasteiger partial charge in [-0.15, -0.1) is 0 Å². The van der Waals surface area contributed by atoms with Crippen LogP contribution in [-0.2, 0) is 6.42 Å². The Morgan fingerprint density at radius 2 is 1.17 bits per heavy atom. The van der Waals surface area contributed by atoms with Gasteiger partial charge >= 0.3 is 0 Å². The van der Waals surface area contributed by atoms with Gasteiger partial charge in [-0.2, -0.15) is 0 Å². The van der Waals surface area contributed by atoms with E-state index in [1.807, 2.05) is 42.5 Å². The molecule has 0 radical (unpaired) electrons. The van der Waals surface area contributed by atoms with E-state index in [9.17, 15) is 0 Å². The van der Waals surface area contributed by atoms with Crippen molar-refractivity contribution in [2.24, 2.45) is 0 Å². The SMILES string of the molecule is CCCc1c(-c2ccc(OC)cc2)oc(-c2ccccc2)c1-c1ccc(OC)cc1. The molecule has 0 atom stereocenters. The summed E-state index contributed by atoms with van der Waals surface area (Å²) in [6.07, 6.45) is 1.96. The third-order valence-electron chi connectivity index (χ3n) is 5.27. The molecule has 0 spiro atoms. The first-order valence-electron chi connectivity index (χ1n) is 10.2. The first-order valence-corrected chi connectivity index (χ1v) is 10.2. The molecule has 0 unspecified atom stereocenters. The van der Waals surface area contributed by atoms with E-state index in [4.69, 9.17) is 13.9 Å². The van der Waals surface area contributed by atoms with E-state index in [1.54, 1.807) is 14.2 Å². The maximum atomic E-state index is 6.58. The minimum absolute atomic E-state index is 0.834. The molecule has 3 nitrogen and oxygen atoms in total. The van der Waals surface area contributed by atoms with Gasteiger partial charge in [-0.05, 0) is 48.4 Å². The molecular formula is C27H26O3. The lowest BCUT2D eigenvalue weighted by Crippen LogP contribution is -1.90. The van der Waals surface area contributed by atoms with Crippen molar-refractivity contribution in [2.45, 2.75) is 19.8 Å². The van der Waals surface area contributed by atoms with Crippen LogP contribution in [0.2, 0.25) is 0 Å². The Hall–Kier alpha value is -3.46. The van der Waals surface area contributed by atoms with Crippen LogP contribution in [0.4, 0.5) is 0 Å². The van der Waals surface area contributed by atoms with E-state index in [1.165, 1.54) is 5.56 Å². The van der Waals surface area contributed by atoms with Crippen molar-refractivity contribution in [1.29, 1.82) is 0 Å². The van der Waals surface area contributed by atoms with Gasteiger partial charge in [-0.25, -0.2) is 0 Å². The summed E-state index contributed by atoms with van der Waals surface area (Å²) < 4.78 is 17.3. The summed E-state index contributed by atoms with van der Waals surface area (Å²) >= 11 is 0. The molecule has 0 aliphatic rings. The van der Waals surface area contributed by atoms with Gasteiger partial charge in [0, 0.05) is 22.3 Å². The summed E-state index contributed by atoms with van der Waals surface area (Å²) in [5.41, 5.74) is 5.63.